The van der Waals surface area contributed by atoms with E-state index in [1.54, 1.807) is 29.4 Å². The zero-order valence-electron chi connectivity index (χ0n) is 16.8. The van der Waals surface area contributed by atoms with Crippen molar-refractivity contribution in [3.05, 3.63) is 66.0 Å². The number of likely N-dealkylation sites (tertiary alicyclic amines) is 1. The summed E-state index contributed by atoms with van der Waals surface area (Å²) in [6.45, 7) is 2.98. The van der Waals surface area contributed by atoms with Crippen LogP contribution in [-0.4, -0.2) is 51.1 Å². The molecule has 1 aromatic carbocycles. The van der Waals surface area contributed by atoms with Gasteiger partial charge in [0, 0.05) is 26.0 Å². The monoisotopic (exact) mass is 410 g/mol. The van der Waals surface area contributed by atoms with Crippen molar-refractivity contribution >= 4 is 11.8 Å². The SMILES string of the molecule is CCN1C[C@@]23C=C[C@@H](O2)[C@H](C(=O)N[C@H](c2ccc(F)cc2)c2nccn2C)[C@H]3C1=O. The van der Waals surface area contributed by atoms with Gasteiger partial charge in [0.1, 0.15) is 23.3 Å². The molecular formula is C22H23FN4O3. The van der Waals surface area contributed by atoms with Crippen molar-refractivity contribution in [2.45, 2.75) is 24.7 Å². The van der Waals surface area contributed by atoms with Gasteiger partial charge in [0.2, 0.25) is 11.8 Å². The molecule has 2 fully saturated rings. The summed E-state index contributed by atoms with van der Waals surface area (Å²) < 4.78 is 21.4. The number of benzene rings is 1. The molecule has 1 N–H and O–H groups in total. The van der Waals surface area contributed by atoms with Gasteiger partial charge in [-0.2, -0.15) is 0 Å². The van der Waals surface area contributed by atoms with Gasteiger partial charge in [-0.15, -0.1) is 0 Å². The second kappa shape index (κ2) is 6.77. The third-order valence-corrected chi connectivity index (χ3v) is 6.47. The highest BCUT2D eigenvalue weighted by atomic mass is 19.1. The number of imidazole rings is 1. The molecule has 4 heterocycles. The first-order valence-electron chi connectivity index (χ1n) is 10.1. The molecular weight excluding hydrogens is 387 g/mol. The van der Waals surface area contributed by atoms with Crippen molar-refractivity contribution in [3.63, 3.8) is 0 Å². The fourth-order valence-electron chi connectivity index (χ4n) is 4.99. The number of carbonyl (C=O) groups excluding carboxylic acids is 2. The van der Waals surface area contributed by atoms with Crippen molar-refractivity contribution < 1.29 is 18.7 Å². The number of carbonyl (C=O) groups is 2. The van der Waals surface area contributed by atoms with Crippen molar-refractivity contribution in [2.24, 2.45) is 18.9 Å². The molecule has 0 radical (unpaired) electrons. The second-order valence-electron chi connectivity index (χ2n) is 8.14. The molecule has 8 heteroatoms. The van der Waals surface area contributed by atoms with E-state index in [-0.39, 0.29) is 17.6 Å². The number of aromatic nitrogens is 2. The highest BCUT2D eigenvalue weighted by molar-refractivity contribution is 5.93. The van der Waals surface area contributed by atoms with E-state index >= 15 is 0 Å². The van der Waals surface area contributed by atoms with E-state index in [2.05, 4.69) is 10.3 Å². The summed E-state index contributed by atoms with van der Waals surface area (Å²) in [4.78, 5) is 32.6. The van der Waals surface area contributed by atoms with Gasteiger partial charge in [0.25, 0.3) is 0 Å². The van der Waals surface area contributed by atoms with Crippen molar-refractivity contribution in [2.75, 3.05) is 13.1 Å². The molecule has 3 aliphatic rings. The van der Waals surface area contributed by atoms with Crippen LogP contribution in [-0.2, 0) is 21.4 Å². The number of fused-ring (bicyclic) bond motifs is 1. The van der Waals surface area contributed by atoms with Crippen LogP contribution in [0.4, 0.5) is 4.39 Å². The summed E-state index contributed by atoms with van der Waals surface area (Å²) in [5.74, 6) is -1.17. The predicted molar refractivity (Wildman–Crippen MR) is 106 cm³/mol. The largest absolute Gasteiger partial charge is 0.360 e. The van der Waals surface area contributed by atoms with Gasteiger partial charge in [0.05, 0.1) is 24.5 Å². The van der Waals surface area contributed by atoms with E-state index in [9.17, 15) is 14.0 Å². The zero-order valence-corrected chi connectivity index (χ0v) is 16.8. The van der Waals surface area contributed by atoms with Crippen LogP contribution in [0.5, 0.6) is 0 Å². The van der Waals surface area contributed by atoms with Crippen LogP contribution < -0.4 is 5.32 Å². The second-order valence-corrected chi connectivity index (χ2v) is 8.14. The maximum atomic E-state index is 13.5. The predicted octanol–water partition coefficient (Wildman–Crippen LogP) is 1.57. The molecule has 0 aliphatic carbocycles. The molecule has 5 atom stereocenters. The summed E-state index contributed by atoms with van der Waals surface area (Å²) >= 11 is 0. The van der Waals surface area contributed by atoms with E-state index in [4.69, 9.17) is 4.74 Å². The Morgan fingerprint density at radius 2 is 2.17 bits per heavy atom. The lowest BCUT2D eigenvalue weighted by Gasteiger charge is -2.26. The minimum Gasteiger partial charge on any atom is -0.360 e. The molecule has 1 aromatic heterocycles. The normalized spacial score (nSPS) is 30.0. The number of ether oxygens (including phenoxy) is 1. The molecule has 2 aromatic rings. The third kappa shape index (κ3) is 2.70. The minimum atomic E-state index is -0.714. The molecule has 1 spiro atoms. The summed E-state index contributed by atoms with van der Waals surface area (Å²) in [6.07, 6.45) is 6.84. The molecule has 2 bridgehead atoms. The topological polar surface area (TPSA) is 76.5 Å². The summed E-state index contributed by atoms with van der Waals surface area (Å²) in [5, 5.41) is 3.06. The standard InChI is InChI=1S/C22H23FN4O3/c1-3-27-12-22-9-8-15(30-22)16(17(22)21(27)29)20(28)25-18(19-24-10-11-26(19)2)13-4-6-14(23)7-5-13/h4-11,15-18H,3,12H2,1-2H3,(H,25,28)/t15-,16+,17+,18-,22-/m1/s1. The van der Waals surface area contributed by atoms with Crippen LogP contribution in [0.25, 0.3) is 0 Å². The molecule has 3 aliphatic heterocycles. The van der Waals surface area contributed by atoms with Crippen molar-refractivity contribution in [1.82, 2.24) is 19.8 Å². The van der Waals surface area contributed by atoms with E-state index in [0.717, 1.165) is 0 Å². The lowest BCUT2D eigenvalue weighted by Crippen LogP contribution is -2.45. The molecule has 0 saturated carbocycles. The number of hydrogen-bond donors (Lipinski definition) is 1. The number of nitrogens with one attached hydrogen (secondary N) is 1. The number of aryl methyl sites for hydroxylation is 1. The van der Waals surface area contributed by atoms with Gasteiger partial charge >= 0.3 is 0 Å². The Bertz CT molecular complexity index is 1030. The number of amides is 2. The van der Waals surface area contributed by atoms with E-state index in [1.807, 2.05) is 30.7 Å². The molecule has 7 nitrogen and oxygen atoms in total. The van der Waals surface area contributed by atoms with Gasteiger partial charge in [-0.25, -0.2) is 9.37 Å². The van der Waals surface area contributed by atoms with Gasteiger partial charge < -0.3 is 19.5 Å². The first kappa shape index (κ1) is 19.0. The molecule has 156 valence electrons. The van der Waals surface area contributed by atoms with Gasteiger partial charge in [0.15, 0.2) is 0 Å². The lowest BCUT2D eigenvalue weighted by molar-refractivity contribution is -0.137. The molecule has 5 rings (SSSR count). The Morgan fingerprint density at radius 1 is 1.40 bits per heavy atom. The quantitative estimate of drug-likeness (QED) is 0.760. The Kier molecular flexibility index (Phi) is 4.28. The van der Waals surface area contributed by atoms with Crippen LogP contribution in [0, 0.1) is 17.7 Å². The Labute approximate surface area is 173 Å². The number of halogens is 1. The van der Waals surface area contributed by atoms with Crippen LogP contribution in [0.1, 0.15) is 24.4 Å². The van der Waals surface area contributed by atoms with Crippen molar-refractivity contribution in [3.8, 4) is 0 Å². The van der Waals surface area contributed by atoms with E-state index in [1.165, 1.54) is 12.1 Å². The fraction of sp³-hybridized carbons (Fsp3) is 0.409. The van der Waals surface area contributed by atoms with E-state index < -0.39 is 29.6 Å². The molecule has 2 amide bonds. The average Bonchev–Trinajstić information content (AvgIpc) is 3.48. The number of likely N-dealkylation sites (N-methyl/N-ethyl adjacent to an activating group) is 1. The highest BCUT2D eigenvalue weighted by Gasteiger charge is 2.66. The first-order valence-corrected chi connectivity index (χ1v) is 10.1. The maximum absolute atomic E-state index is 13.5. The van der Waals surface area contributed by atoms with Gasteiger partial charge in [-0.3, -0.25) is 9.59 Å². The Hall–Kier alpha value is -3.00. The van der Waals surface area contributed by atoms with Gasteiger partial charge in [-0.1, -0.05) is 24.3 Å². The van der Waals surface area contributed by atoms with Crippen LogP contribution in [0.2, 0.25) is 0 Å². The zero-order chi connectivity index (χ0) is 21.0. The number of rotatable bonds is 5. The highest BCUT2D eigenvalue weighted by Crippen LogP contribution is 2.51. The lowest BCUT2D eigenvalue weighted by atomic mass is 9.76. The van der Waals surface area contributed by atoms with Crippen LogP contribution in [0.15, 0.2) is 48.8 Å². The van der Waals surface area contributed by atoms with Crippen LogP contribution >= 0.6 is 0 Å². The third-order valence-electron chi connectivity index (χ3n) is 6.47. The van der Waals surface area contributed by atoms with Gasteiger partial charge in [-0.05, 0) is 24.6 Å². The summed E-state index contributed by atoms with van der Waals surface area (Å²) in [6, 6.07) is 5.40. The number of hydrogen-bond acceptors (Lipinski definition) is 4. The number of nitrogens with zero attached hydrogens (tertiary/aromatic N) is 3. The summed E-state index contributed by atoms with van der Waals surface area (Å²) in [5.41, 5.74) is -0.00438. The molecule has 0 unspecified atom stereocenters. The minimum absolute atomic E-state index is 0.0418. The maximum Gasteiger partial charge on any atom is 0.230 e. The molecule has 2 saturated heterocycles. The Morgan fingerprint density at radius 3 is 2.83 bits per heavy atom. The Balaban J connectivity index is 1.47. The summed E-state index contributed by atoms with van der Waals surface area (Å²) in [7, 11) is 1.84. The first-order chi connectivity index (χ1) is 14.4. The van der Waals surface area contributed by atoms with Crippen molar-refractivity contribution in [1.29, 1.82) is 0 Å². The smallest absolute Gasteiger partial charge is 0.230 e. The molecule has 30 heavy (non-hydrogen) atoms. The van der Waals surface area contributed by atoms with Crippen LogP contribution in [0.3, 0.4) is 0 Å². The average molecular weight is 410 g/mol. The fourth-order valence-corrected chi connectivity index (χ4v) is 4.99. The van der Waals surface area contributed by atoms with E-state index in [0.29, 0.717) is 24.5 Å².